The van der Waals surface area contributed by atoms with Crippen molar-refractivity contribution in [3.05, 3.63) is 77.9 Å². The number of rotatable bonds is 5. The molecule has 2 aliphatic heterocycles. The minimum Gasteiger partial charge on any atom is -0.454 e. The number of benzene rings is 3. The molecule has 32 heavy (non-hydrogen) atoms. The highest BCUT2D eigenvalue weighted by Crippen LogP contribution is 2.32. The first-order chi connectivity index (χ1) is 15.7. The second-order valence-electron chi connectivity index (χ2n) is 7.40. The molecule has 0 atom stereocenters. The molecule has 0 N–H and O–H groups in total. The van der Waals surface area contributed by atoms with E-state index in [0.29, 0.717) is 22.8 Å². The van der Waals surface area contributed by atoms with Crippen LogP contribution < -0.4 is 19.1 Å². The summed E-state index contributed by atoms with van der Waals surface area (Å²) < 4.78 is 21.5. The summed E-state index contributed by atoms with van der Waals surface area (Å²) in [6.07, 6.45) is 1.75. The first-order valence-electron chi connectivity index (χ1n) is 10.4. The van der Waals surface area contributed by atoms with E-state index in [1.54, 1.807) is 36.5 Å². The van der Waals surface area contributed by atoms with E-state index in [4.69, 9.17) is 18.9 Å². The van der Waals surface area contributed by atoms with E-state index in [-0.39, 0.29) is 6.79 Å². The maximum Gasteiger partial charge on any atom is 0.343 e. The number of esters is 1. The van der Waals surface area contributed by atoms with Crippen LogP contribution in [0.4, 0.5) is 11.4 Å². The monoisotopic (exact) mass is 430 g/mol. The van der Waals surface area contributed by atoms with Crippen LogP contribution in [-0.4, -0.2) is 45.3 Å². The number of aliphatic imine (C=N–C) groups is 1. The summed E-state index contributed by atoms with van der Waals surface area (Å²) in [6.45, 7) is 3.48. The highest BCUT2D eigenvalue weighted by atomic mass is 16.7. The van der Waals surface area contributed by atoms with Gasteiger partial charge in [-0.2, -0.15) is 0 Å². The van der Waals surface area contributed by atoms with Crippen LogP contribution in [-0.2, 0) is 4.74 Å². The van der Waals surface area contributed by atoms with Gasteiger partial charge in [-0.3, -0.25) is 4.99 Å². The van der Waals surface area contributed by atoms with Crippen LogP contribution in [0.15, 0.2) is 71.7 Å². The molecule has 7 heteroatoms. The van der Waals surface area contributed by atoms with E-state index in [1.165, 1.54) is 5.69 Å². The third-order valence-corrected chi connectivity index (χ3v) is 5.27. The maximum absolute atomic E-state index is 12.5. The number of carbonyl (C=O) groups is 1. The summed E-state index contributed by atoms with van der Waals surface area (Å²) in [7, 11) is 0. The van der Waals surface area contributed by atoms with Gasteiger partial charge in [0.15, 0.2) is 11.5 Å². The lowest BCUT2D eigenvalue weighted by atomic mass is 10.2. The standard InChI is InChI=1S/C25H22N2O5/c28-25(19-4-9-23-24(15-19)31-17-30-23)32-22-3-1-2-18(14-22)16-26-20-5-7-21(8-6-20)27-10-12-29-13-11-27/h1-9,14-16H,10-13,17H2. The number of carbonyl (C=O) groups excluding carboxylic acids is 1. The molecule has 0 bridgehead atoms. The fourth-order valence-electron chi connectivity index (χ4n) is 3.57. The number of morpholine rings is 1. The Morgan fingerprint density at radius 2 is 1.75 bits per heavy atom. The predicted octanol–water partition coefficient (Wildman–Crippen LogP) is 4.22. The summed E-state index contributed by atoms with van der Waals surface area (Å²) in [5.74, 6) is 1.15. The Hall–Kier alpha value is -3.84. The van der Waals surface area contributed by atoms with Gasteiger partial charge < -0.3 is 23.8 Å². The zero-order valence-corrected chi connectivity index (χ0v) is 17.4. The Labute approximate surface area is 185 Å². The molecular formula is C25H22N2O5. The third kappa shape index (κ3) is 4.58. The Bertz CT molecular complexity index is 1140. The molecule has 5 rings (SSSR count). The molecule has 3 aromatic carbocycles. The SMILES string of the molecule is O=C(Oc1cccc(C=Nc2ccc(N3CCOCC3)cc2)c1)c1ccc2c(c1)OCO2. The molecule has 1 fully saturated rings. The number of hydrogen-bond acceptors (Lipinski definition) is 7. The van der Waals surface area contributed by atoms with Crippen LogP contribution in [0.1, 0.15) is 15.9 Å². The van der Waals surface area contributed by atoms with Crippen LogP contribution >= 0.6 is 0 Å². The molecule has 7 nitrogen and oxygen atoms in total. The van der Waals surface area contributed by atoms with Crippen molar-refractivity contribution in [2.45, 2.75) is 0 Å². The van der Waals surface area contributed by atoms with Gasteiger partial charge in [0.05, 0.1) is 24.5 Å². The van der Waals surface area contributed by atoms with Crippen molar-refractivity contribution in [2.75, 3.05) is 38.0 Å². The average Bonchev–Trinajstić information content (AvgIpc) is 3.32. The lowest BCUT2D eigenvalue weighted by Crippen LogP contribution is -2.36. The van der Waals surface area contributed by atoms with Gasteiger partial charge in [0.25, 0.3) is 0 Å². The number of ether oxygens (including phenoxy) is 4. The largest absolute Gasteiger partial charge is 0.454 e. The van der Waals surface area contributed by atoms with Crippen molar-refractivity contribution in [3.8, 4) is 17.2 Å². The van der Waals surface area contributed by atoms with Crippen molar-refractivity contribution >= 4 is 23.6 Å². The van der Waals surface area contributed by atoms with Gasteiger partial charge >= 0.3 is 5.97 Å². The molecule has 1 saturated heterocycles. The van der Waals surface area contributed by atoms with E-state index >= 15 is 0 Å². The maximum atomic E-state index is 12.5. The smallest absolute Gasteiger partial charge is 0.343 e. The van der Waals surface area contributed by atoms with Crippen molar-refractivity contribution in [1.29, 1.82) is 0 Å². The van der Waals surface area contributed by atoms with Crippen LogP contribution in [0.2, 0.25) is 0 Å². The van der Waals surface area contributed by atoms with E-state index in [2.05, 4.69) is 22.0 Å². The number of fused-ring (bicyclic) bond motifs is 1. The number of anilines is 1. The summed E-state index contributed by atoms with van der Waals surface area (Å²) >= 11 is 0. The van der Waals surface area contributed by atoms with Gasteiger partial charge in [-0.25, -0.2) is 4.79 Å². The molecule has 0 spiro atoms. The molecule has 0 amide bonds. The second kappa shape index (κ2) is 9.11. The minimum atomic E-state index is -0.462. The third-order valence-electron chi connectivity index (χ3n) is 5.27. The van der Waals surface area contributed by atoms with Gasteiger partial charge in [0, 0.05) is 25.0 Å². The molecule has 0 unspecified atom stereocenters. The molecule has 2 aliphatic rings. The topological polar surface area (TPSA) is 69.6 Å². The number of hydrogen-bond donors (Lipinski definition) is 0. The molecule has 3 aromatic rings. The van der Waals surface area contributed by atoms with Gasteiger partial charge in [-0.05, 0) is 60.2 Å². The molecule has 2 heterocycles. The Kier molecular flexibility index (Phi) is 5.72. The fourth-order valence-corrected chi connectivity index (χ4v) is 3.57. The molecule has 0 aromatic heterocycles. The minimum absolute atomic E-state index is 0.158. The van der Waals surface area contributed by atoms with Gasteiger partial charge in [0.1, 0.15) is 5.75 Å². The average molecular weight is 430 g/mol. The number of nitrogens with zero attached hydrogens (tertiary/aromatic N) is 2. The first kappa shape index (κ1) is 20.1. The molecule has 0 saturated carbocycles. The highest BCUT2D eigenvalue weighted by molar-refractivity contribution is 5.92. The summed E-state index contributed by atoms with van der Waals surface area (Å²) in [4.78, 5) is 19.3. The van der Waals surface area contributed by atoms with Crippen LogP contribution in [0.25, 0.3) is 0 Å². The predicted molar refractivity (Wildman–Crippen MR) is 121 cm³/mol. The summed E-state index contributed by atoms with van der Waals surface area (Å²) in [6, 6.07) is 20.3. The first-order valence-corrected chi connectivity index (χ1v) is 10.4. The summed E-state index contributed by atoms with van der Waals surface area (Å²) in [5.41, 5.74) is 3.25. The van der Waals surface area contributed by atoms with Gasteiger partial charge in [-0.15, -0.1) is 0 Å². The van der Waals surface area contributed by atoms with Crippen LogP contribution in [0.3, 0.4) is 0 Å². The van der Waals surface area contributed by atoms with Crippen LogP contribution in [0.5, 0.6) is 17.2 Å². The fraction of sp³-hybridized carbons (Fsp3) is 0.200. The Balaban J connectivity index is 1.24. The zero-order chi connectivity index (χ0) is 21.8. The van der Waals surface area contributed by atoms with Gasteiger partial charge in [0.2, 0.25) is 6.79 Å². The lowest BCUT2D eigenvalue weighted by Gasteiger charge is -2.28. The highest BCUT2D eigenvalue weighted by Gasteiger charge is 2.17. The molecule has 0 aliphatic carbocycles. The summed E-state index contributed by atoms with van der Waals surface area (Å²) in [5, 5.41) is 0. The normalized spacial score (nSPS) is 15.2. The molecule has 0 radical (unpaired) electrons. The molecular weight excluding hydrogens is 408 g/mol. The van der Waals surface area contributed by atoms with Crippen molar-refractivity contribution < 1.29 is 23.7 Å². The second-order valence-corrected chi connectivity index (χ2v) is 7.40. The molecule has 162 valence electrons. The van der Waals surface area contributed by atoms with E-state index in [0.717, 1.165) is 37.6 Å². The quantitative estimate of drug-likeness (QED) is 0.343. The van der Waals surface area contributed by atoms with Gasteiger partial charge in [-0.1, -0.05) is 12.1 Å². The van der Waals surface area contributed by atoms with Crippen molar-refractivity contribution in [1.82, 2.24) is 0 Å². The Morgan fingerprint density at radius 1 is 0.938 bits per heavy atom. The van der Waals surface area contributed by atoms with Crippen molar-refractivity contribution in [2.24, 2.45) is 4.99 Å². The van der Waals surface area contributed by atoms with E-state index in [1.807, 2.05) is 24.3 Å². The van der Waals surface area contributed by atoms with E-state index < -0.39 is 5.97 Å². The van der Waals surface area contributed by atoms with E-state index in [9.17, 15) is 4.79 Å². The van der Waals surface area contributed by atoms with Crippen LogP contribution in [0, 0.1) is 0 Å². The zero-order valence-electron chi connectivity index (χ0n) is 17.4. The Morgan fingerprint density at radius 3 is 2.59 bits per heavy atom. The lowest BCUT2D eigenvalue weighted by molar-refractivity contribution is 0.0734. The van der Waals surface area contributed by atoms with Crippen molar-refractivity contribution in [3.63, 3.8) is 0 Å².